The van der Waals surface area contributed by atoms with Crippen LogP contribution in [-0.4, -0.2) is 37.6 Å². The van der Waals surface area contributed by atoms with E-state index in [1.807, 2.05) is 41.2 Å². The molecular weight excluding hydrogens is 336 g/mol. The molecule has 0 atom stereocenters. The quantitative estimate of drug-likeness (QED) is 0.557. The van der Waals surface area contributed by atoms with Gasteiger partial charge < -0.3 is 10.3 Å². The minimum absolute atomic E-state index is 0.0605. The molecule has 2 N–H and O–H groups in total. The Bertz CT molecular complexity index is 988. The van der Waals surface area contributed by atoms with Gasteiger partial charge in [-0.25, -0.2) is 0 Å². The van der Waals surface area contributed by atoms with Crippen LogP contribution in [0.1, 0.15) is 5.56 Å². The SMILES string of the molecule is O=C(Cn1nnc(-c2ccsc2)n1)NCCc1c[nH]c2ccccc12. The number of carbonyl (C=O) groups excluding carboxylic acids is 1. The van der Waals surface area contributed by atoms with Crippen LogP contribution in [0, 0.1) is 0 Å². The Morgan fingerprint density at radius 3 is 3.08 bits per heavy atom. The van der Waals surface area contributed by atoms with E-state index in [1.54, 1.807) is 11.3 Å². The maximum atomic E-state index is 12.1. The van der Waals surface area contributed by atoms with Gasteiger partial charge in [0.1, 0.15) is 6.54 Å². The number of benzene rings is 1. The van der Waals surface area contributed by atoms with Crippen molar-refractivity contribution in [2.45, 2.75) is 13.0 Å². The van der Waals surface area contributed by atoms with Crippen molar-refractivity contribution in [3.05, 3.63) is 52.9 Å². The Hall–Kier alpha value is -3.00. The molecule has 0 saturated carbocycles. The van der Waals surface area contributed by atoms with Gasteiger partial charge in [-0.1, -0.05) is 18.2 Å². The Labute approximate surface area is 147 Å². The molecule has 0 fully saturated rings. The van der Waals surface area contributed by atoms with Crippen LogP contribution in [0.25, 0.3) is 22.3 Å². The van der Waals surface area contributed by atoms with Crippen LogP contribution in [0.5, 0.6) is 0 Å². The molecule has 126 valence electrons. The number of nitrogens with zero attached hydrogens (tertiary/aromatic N) is 4. The number of para-hydroxylation sites is 1. The van der Waals surface area contributed by atoms with E-state index in [9.17, 15) is 4.79 Å². The summed E-state index contributed by atoms with van der Waals surface area (Å²) >= 11 is 1.57. The molecule has 0 saturated heterocycles. The van der Waals surface area contributed by atoms with Gasteiger partial charge in [0.25, 0.3) is 0 Å². The fraction of sp³-hybridized carbons (Fsp3) is 0.176. The summed E-state index contributed by atoms with van der Waals surface area (Å²) in [4.78, 5) is 16.6. The molecule has 1 amide bonds. The van der Waals surface area contributed by atoms with Crippen molar-refractivity contribution in [2.75, 3.05) is 6.54 Å². The second-order valence-electron chi connectivity index (χ2n) is 5.61. The number of hydrogen-bond acceptors (Lipinski definition) is 5. The summed E-state index contributed by atoms with van der Waals surface area (Å²) in [6.45, 7) is 0.623. The predicted octanol–water partition coefficient (Wildman–Crippen LogP) is 2.24. The molecule has 4 rings (SSSR count). The lowest BCUT2D eigenvalue weighted by Crippen LogP contribution is -2.30. The third-order valence-corrected chi connectivity index (χ3v) is 4.59. The number of aromatic nitrogens is 5. The predicted molar refractivity (Wildman–Crippen MR) is 96.1 cm³/mol. The number of fused-ring (bicyclic) bond motifs is 1. The first-order valence-corrected chi connectivity index (χ1v) is 8.86. The zero-order valence-corrected chi connectivity index (χ0v) is 14.2. The fourth-order valence-electron chi connectivity index (χ4n) is 2.68. The number of carbonyl (C=O) groups is 1. The summed E-state index contributed by atoms with van der Waals surface area (Å²) in [6.07, 6.45) is 2.75. The smallest absolute Gasteiger partial charge is 0.243 e. The normalized spacial score (nSPS) is 11.0. The van der Waals surface area contributed by atoms with Crippen LogP contribution in [-0.2, 0) is 17.8 Å². The summed E-state index contributed by atoms with van der Waals surface area (Å²) in [5.41, 5.74) is 3.21. The van der Waals surface area contributed by atoms with Crippen molar-refractivity contribution in [2.24, 2.45) is 0 Å². The van der Waals surface area contributed by atoms with Crippen molar-refractivity contribution in [1.82, 2.24) is 30.5 Å². The highest BCUT2D eigenvalue weighted by molar-refractivity contribution is 7.08. The van der Waals surface area contributed by atoms with E-state index in [1.165, 1.54) is 15.7 Å². The van der Waals surface area contributed by atoms with Crippen molar-refractivity contribution in [3.63, 3.8) is 0 Å². The zero-order valence-electron chi connectivity index (χ0n) is 13.3. The van der Waals surface area contributed by atoms with Crippen LogP contribution >= 0.6 is 11.3 Å². The molecule has 25 heavy (non-hydrogen) atoms. The third kappa shape index (κ3) is 3.43. The molecule has 0 aliphatic carbocycles. The number of H-pyrrole nitrogens is 1. The van der Waals surface area contributed by atoms with E-state index in [4.69, 9.17) is 0 Å². The Morgan fingerprint density at radius 2 is 2.20 bits per heavy atom. The van der Waals surface area contributed by atoms with Crippen molar-refractivity contribution in [1.29, 1.82) is 0 Å². The van der Waals surface area contributed by atoms with Gasteiger partial charge in [0.15, 0.2) is 0 Å². The maximum absolute atomic E-state index is 12.1. The Kier molecular flexibility index (Phi) is 4.26. The summed E-state index contributed by atoms with van der Waals surface area (Å²) in [5, 5.41) is 20.1. The van der Waals surface area contributed by atoms with Gasteiger partial charge in [0, 0.05) is 34.6 Å². The molecule has 7 nitrogen and oxygen atoms in total. The number of thiophene rings is 1. The molecule has 8 heteroatoms. The number of nitrogens with one attached hydrogen (secondary N) is 2. The highest BCUT2D eigenvalue weighted by Gasteiger charge is 2.10. The third-order valence-electron chi connectivity index (χ3n) is 3.91. The molecule has 0 bridgehead atoms. The summed E-state index contributed by atoms with van der Waals surface area (Å²) in [7, 11) is 0. The molecule has 0 aliphatic heterocycles. The van der Waals surface area contributed by atoms with Crippen LogP contribution in [0.2, 0.25) is 0 Å². The van der Waals surface area contributed by atoms with E-state index >= 15 is 0 Å². The largest absolute Gasteiger partial charge is 0.361 e. The van der Waals surface area contributed by atoms with Gasteiger partial charge in [0.2, 0.25) is 11.7 Å². The molecule has 0 unspecified atom stereocenters. The topological polar surface area (TPSA) is 88.5 Å². The molecule has 1 aromatic carbocycles. The zero-order chi connectivity index (χ0) is 17.1. The monoisotopic (exact) mass is 352 g/mol. The number of amides is 1. The number of tetrazole rings is 1. The van der Waals surface area contributed by atoms with Gasteiger partial charge >= 0.3 is 0 Å². The van der Waals surface area contributed by atoms with Gasteiger partial charge in [-0.15, -0.1) is 10.2 Å². The van der Waals surface area contributed by atoms with E-state index in [0.717, 1.165) is 17.5 Å². The lowest BCUT2D eigenvalue weighted by molar-refractivity contribution is -0.122. The van der Waals surface area contributed by atoms with Crippen molar-refractivity contribution < 1.29 is 4.79 Å². The van der Waals surface area contributed by atoms with E-state index < -0.39 is 0 Å². The summed E-state index contributed by atoms with van der Waals surface area (Å²) in [6, 6.07) is 10.1. The van der Waals surface area contributed by atoms with Crippen LogP contribution in [0.3, 0.4) is 0 Å². The minimum Gasteiger partial charge on any atom is -0.361 e. The Morgan fingerprint density at radius 1 is 1.28 bits per heavy atom. The van der Waals surface area contributed by atoms with Crippen molar-refractivity contribution >= 4 is 28.1 Å². The van der Waals surface area contributed by atoms with Crippen LogP contribution in [0.4, 0.5) is 0 Å². The maximum Gasteiger partial charge on any atom is 0.243 e. The number of rotatable bonds is 6. The average molecular weight is 352 g/mol. The number of aromatic amines is 1. The molecule has 3 aromatic heterocycles. The Balaban J connectivity index is 1.31. The van der Waals surface area contributed by atoms with E-state index in [0.29, 0.717) is 12.4 Å². The molecule has 0 radical (unpaired) electrons. The summed E-state index contributed by atoms with van der Waals surface area (Å²) < 4.78 is 0. The highest BCUT2D eigenvalue weighted by Crippen LogP contribution is 2.18. The first-order valence-electron chi connectivity index (χ1n) is 7.92. The first-order chi connectivity index (χ1) is 12.3. The molecule has 0 aliphatic rings. The lowest BCUT2D eigenvalue weighted by Gasteiger charge is -2.04. The fourth-order valence-corrected chi connectivity index (χ4v) is 3.31. The lowest BCUT2D eigenvalue weighted by atomic mass is 10.1. The van der Waals surface area contributed by atoms with E-state index in [2.05, 4.69) is 31.8 Å². The van der Waals surface area contributed by atoms with Gasteiger partial charge in [-0.2, -0.15) is 16.1 Å². The van der Waals surface area contributed by atoms with Gasteiger partial charge in [-0.3, -0.25) is 4.79 Å². The standard InChI is InChI=1S/C17H16N6OS/c24-16(10-23-21-17(20-22-23)13-6-8-25-11-13)18-7-5-12-9-19-15-4-2-1-3-14(12)15/h1-4,6,8-9,11,19H,5,7,10H2,(H,18,24). The second-order valence-corrected chi connectivity index (χ2v) is 6.39. The van der Waals surface area contributed by atoms with Crippen molar-refractivity contribution in [3.8, 4) is 11.4 Å². The average Bonchev–Trinajstić information content (AvgIpc) is 3.35. The van der Waals surface area contributed by atoms with E-state index in [-0.39, 0.29) is 12.5 Å². The molecule has 0 spiro atoms. The van der Waals surface area contributed by atoms with Gasteiger partial charge in [0.05, 0.1) is 0 Å². The molecular formula is C17H16N6OS. The highest BCUT2D eigenvalue weighted by atomic mass is 32.1. The van der Waals surface area contributed by atoms with Gasteiger partial charge in [-0.05, 0) is 34.7 Å². The minimum atomic E-state index is -0.130. The van der Waals surface area contributed by atoms with Crippen LogP contribution in [0.15, 0.2) is 47.3 Å². The first kappa shape index (κ1) is 15.5. The summed E-state index contributed by atoms with van der Waals surface area (Å²) in [5.74, 6) is 0.405. The number of hydrogen-bond donors (Lipinski definition) is 2. The second kappa shape index (κ2) is 6.86. The van der Waals surface area contributed by atoms with Crippen LogP contribution < -0.4 is 5.32 Å². The molecule has 3 heterocycles. The molecule has 4 aromatic rings.